The van der Waals surface area contributed by atoms with Gasteiger partial charge in [-0.15, -0.1) is 0 Å². The minimum absolute atomic E-state index is 0.406. The van der Waals surface area contributed by atoms with E-state index in [1.165, 1.54) is 5.56 Å². The zero-order valence-corrected chi connectivity index (χ0v) is 11.6. The van der Waals surface area contributed by atoms with E-state index in [9.17, 15) is 0 Å². The van der Waals surface area contributed by atoms with Crippen molar-refractivity contribution in [1.82, 2.24) is 5.16 Å². The lowest BCUT2D eigenvalue weighted by molar-refractivity contribution is 0.406. The molecule has 0 unspecified atom stereocenters. The summed E-state index contributed by atoms with van der Waals surface area (Å²) in [4.78, 5) is 0. The highest BCUT2D eigenvalue weighted by molar-refractivity contribution is 5.65. The van der Waals surface area contributed by atoms with Crippen molar-refractivity contribution in [1.29, 1.82) is 0 Å². The Morgan fingerprint density at radius 3 is 2.39 bits per heavy atom. The molecule has 3 nitrogen and oxygen atoms in total. The first-order valence-corrected chi connectivity index (χ1v) is 6.15. The number of hydrogen-bond donors (Lipinski definition) is 0. The second-order valence-corrected chi connectivity index (χ2v) is 4.90. The maximum atomic E-state index is 5.44. The maximum Gasteiger partial charge on any atom is 0.167 e. The Morgan fingerprint density at radius 2 is 1.89 bits per heavy atom. The third-order valence-electron chi connectivity index (χ3n) is 3.09. The Balaban J connectivity index is 2.58. The quantitative estimate of drug-likeness (QED) is 0.817. The van der Waals surface area contributed by atoms with Gasteiger partial charge < -0.3 is 9.26 Å². The number of rotatable bonds is 3. The van der Waals surface area contributed by atoms with E-state index in [1.54, 1.807) is 7.11 Å². The molecule has 2 aromatic rings. The highest BCUT2D eigenvalue weighted by Crippen LogP contribution is 2.34. The molecular weight excluding hydrogens is 226 g/mol. The van der Waals surface area contributed by atoms with Crippen molar-refractivity contribution in [3.8, 4) is 17.1 Å². The van der Waals surface area contributed by atoms with E-state index in [4.69, 9.17) is 9.26 Å². The smallest absolute Gasteiger partial charge is 0.167 e. The van der Waals surface area contributed by atoms with Crippen molar-refractivity contribution in [2.45, 2.75) is 33.6 Å². The number of nitrogens with zero attached hydrogens (tertiary/aromatic N) is 1. The topological polar surface area (TPSA) is 35.3 Å². The largest absolute Gasteiger partial charge is 0.496 e. The van der Waals surface area contributed by atoms with E-state index in [0.717, 1.165) is 28.3 Å². The molecule has 2 rings (SSSR count). The summed E-state index contributed by atoms with van der Waals surface area (Å²) in [6.07, 6.45) is 0. The maximum absolute atomic E-state index is 5.44. The Morgan fingerprint density at radius 1 is 1.17 bits per heavy atom. The molecule has 0 atom stereocenters. The van der Waals surface area contributed by atoms with Gasteiger partial charge in [0.1, 0.15) is 5.75 Å². The van der Waals surface area contributed by atoms with Crippen molar-refractivity contribution >= 4 is 0 Å². The van der Waals surface area contributed by atoms with Crippen molar-refractivity contribution in [2.75, 3.05) is 7.11 Å². The average Bonchev–Trinajstić information content (AvgIpc) is 2.74. The number of aromatic nitrogens is 1. The van der Waals surface area contributed by atoms with Crippen LogP contribution in [-0.4, -0.2) is 12.3 Å². The molecule has 0 saturated heterocycles. The van der Waals surface area contributed by atoms with Gasteiger partial charge in [0, 0.05) is 11.6 Å². The van der Waals surface area contributed by atoms with Gasteiger partial charge >= 0.3 is 0 Å². The molecule has 18 heavy (non-hydrogen) atoms. The Labute approximate surface area is 108 Å². The zero-order chi connectivity index (χ0) is 13.3. The van der Waals surface area contributed by atoms with Gasteiger partial charge in [-0.1, -0.05) is 19.0 Å². The first-order chi connectivity index (χ1) is 8.52. The molecule has 0 saturated carbocycles. The number of methoxy groups -OCH3 is 1. The van der Waals surface area contributed by atoms with Gasteiger partial charge in [-0.2, -0.15) is 0 Å². The van der Waals surface area contributed by atoms with E-state index in [-0.39, 0.29) is 0 Å². The highest BCUT2D eigenvalue weighted by Gasteiger charge is 2.14. The van der Waals surface area contributed by atoms with E-state index in [0.29, 0.717) is 5.92 Å². The molecule has 0 aliphatic heterocycles. The molecule has 96 valence electrons. The van der Waals surface area contributed by atoms with Crippen LogP contribution in [-0.2, 0) is 0 Å². The molecule has 0 radical (unpaired) electrons. The fourth-order valence-electron chi connectivity index (χ4n) is 2.08. The molecule has 0 fully saturated rings. The van der Waals surface area contributed by atoms with Crippen LogP contribution in [0, 0.1) is 13.8 Å². The van der Waals surface area contributed by atoms with Crippen LogP contribution in [0.1, 0.15) is 36.6 Å². The van der Waals surface area contributed by atoms with Crippen LogP contribution < -0.4 is 4.74 Å². The second kappa shape index (κ2) is 4.84. The number of ether oxygens (including phenoxy) is 1. The van der Waals surface area contributed by atoms with Gasteiger partial charge in [0.15, 0.2) is 5.76 Å². The van der Waals surface area contributed by atoms with Crippen molar-refractivity contribution in [3.05, 3.63) is 35.0 Å². The van der Waals surface area contributed by atoms with Crippen LogP contribution in [0.3, 0.4) is 0 Å². The van der Waals surface area contributed by atoms with Crippen LogP contribution in [0.4, 0.5) is 0 Å². The molecule has 0 aliphatic carbocycles. The normalized spacial score (nSPS) is 11.0. The summed E-state index contributed by atoms with van der Waals surface area (Å²) in [7, 11) is 1.71. The van der Waals surface area contributed by atoms with Gasteiger partial charge in [-0.25, -0.2) is 0 Å². The summed E-state index contributed by atoms with van der Waals surface area (Å²) >= 11 is 0. The monoisotopic (exact) mass is 245 g/mol. The first-order valence-electron chi connectivity index (χ1n) is 6.15. The predicted molar refractivity (Wildman–Crippen MR) is 72.1 cm³/mol. The number of hydrogen-bond acceptors (Lipinski definition) is 3. The average molecular weight is 245 g/mol. The van der Waals surface area contributed by atoms with E-state index < -0.39 is 0 Å². The van der Waals surface area contributed by atoms with Gasteiger partial charge in [0.25, 0.3) is 0 Å². The first kappa shape index (κ1) is 12.7. The lowest BCUT2D eigenvalue weighted by Gasteiger charge is -2.14. The van der Waals surface area contributed by atoms with Gasteiger partial charge in [0.2, 0.25) is 0 Å². The summed E-state index contributed by atoms with van der Waals surface area (Å²) < 4.78 is 10.8. The molecular formula is C15H19NO2. The second-order valence-electron chi connectivity index (χ2n) is 4.90. The van der Waals surface area contributed by atoms with Crippen molar-refractivity contribution < 1.29 is 9.26 Å². The third-order valence-corrected chi connectivity index (χ3v) is 3.09. The van der Waals surface area contributed by atoms with Gasteiger partial charge in [-0.3, -0.25) is 0 Å². The molecule has 0 spiro atoms. The molecule has 0 N–H and O–H groups in total. The molecule has 3 heteroatoms. The van der Waals surface area contributed by atoms with E-state index >= 15 is 0 Å². The lowest BCUT2D eigenvalue weighted by atomic mass is 9.95. The van der Waals surface area contributed by atoms with Crippen LogP contribution in [0.25, 0.3) is 11.3 Å². The number of benzene rings is 1. The summed E-state index contributed by atoms with van der Waals surface area (Å²) in [6, 6.07) is 6.15. The Bertz CT molecular complexity index is 556. The molecule has 0 aliphatic rings. The zero-order valence-electron chi connectivity index (χ0n) is 11.6. The minimum Gasteiger partial charge on any atom is -0.496 e. The van der Waals surface area contributed by atoms with Crippen LogP contribution in [0.5, 0.6) is 5.75 Å². The molecule has 0 amide bonds. The molecule has 0 bridgehead atoms. The lowest BCUT2D eigenvalue weighted by Crippen LogP contribution is -1.96. The summed E-state index contributed by atoms with van der Waals surface area (Å²) in [5.41, 5.74) is 4.30. The SMILES string of the molecule is COc1cc(C)c(-c2cc(C)no2)cc1C(C)C. The third kappa shape index (κ3) is 2.26. The summed E-state index contributed by atoms with van der Waals surface area (Å²) in [5, 5.41) is 3.94. The minimum atomic E-state index is 0.406. The standard InChI is InChI=1S/C15H19NO2/c1-9(2)12-8-13(10(3)6-14(12)17-5)15-7-11(4)16-18-15/h6-9H,1-5H3. The van der Waals surface area contributed by atoms with Gasteiger partial charge in [0.05, 0.1) is 12.8 Å². The molecule has 1 aromatic heterocycles. The Kier molecular flexibility index (Phi) is 3.41. The van der Waals surface area contributed by atoms with Crippen LogP contribution in [0.15, 0.2) is 22.7 Å². The van der Waals surface area contributed by atoms with Crippen molar-refractivity contribution in [3.63, 3.8) is 0 Å². The molecule has 1 aromatic carbocycles. The highest BCUT2D eigenvalue weighted by atomic mass is 16.5. The summed E-state index contributed by atoms with van der Waals surface area (Å²) in [6.45, 7) is 8.29. The predicted octanol–water partition coefficient (Wildman–Crippen LogP) is 4.09. The van der Waals surface area contributed by atoms with E-state index in [2.05, 4.69) is 38.1 Å². The summed E-state index contributed by atoms with van der Waals surface area (Å²) in [5.74, 6) is 2.15. The molecule has 1 heterocycles. The van der Waals surface area contributed by atoms with Gasteiger partial charge in [-0.05, 0) is 43.0 Å². The van der Waals surface area contributed by atoms with Crippen LogP contribution in [0.2, 0.25) is 0 Å². The number of aryl methyl sites for hydroxylation is 2. The fourth-order valence-corrected chi connectivity index (χ4v) is 2.08. The van der Waals surface area contributed by atoms with Crippen LogP contribution >= 0.6 is 0 Å². The van der Waals surface area contributed by atoms with Crippen molar-refractivity contribution in [2.24, 2.45) is 0 Å². The fraction of sp³-hybridized carbons (Fsp3) is 0.400. The van der Waals surface area contributed by atoms with E-state index in [1.807, 2.05) is 13.0 Å². The Hall–Kier alpha value is -1.77.